The van der Waals surface area contributed by atoms with E-state index >= 15 is 0 Å². The Balaban J connectivity index is 2.14. The van der Waals surface area contributed by atoms with Gasteiger partial charge in [0.05, 0.1) is 6.10 Å². The van der Waals surface area contributed by atoms with Crippen molar-refractivity contribution in [1.29, 1.82) is 0 Å². The summed E-state index contributed by atoms with van der Waals surface area (Å²) in [7, 11) is 2.06. The molecular weight excluding hydrogens is 218 g/mol. The summed E-state index contributed by atoms with van der Waals surface area (Å²) in [5, 5.41) is 11.8. The fourth-order valence-electron chi connectivity index (χ4n) is 1.61. The largest absolute Gasteiger partial charge is 0.392 e. The van der Waals surface area contributed by atoms with Crippen LogP contribution in [0, 0.1) is 0 Å². The molecule has 0 aliphatic heterocycles. The van der Waals surface area contributed by atoms with Crippen molar-refractivity contribution in [2.75, 3.05) is 20.1 Å². The van der Waals surface area contributed by atoms with Gasteiger partial charge in [-0.3, -0.25) is 0 Å². The topological polar surface area (TPSA) is 23.5 Å². The van der Waals surface area contributed by atoms with Crippen LogP contribution >= 0.6 is 11.3 Å². The average Bonchev–Trinajstić information content (AvgIpc) is 2.76. The van der Waals surface area contributed by atoms with Gasteiger partial charge >= 0.3 is 0 Å². The Bertz CT molecular complexity index is 284. The monoisotopic (exact) mass is 239 g/mol. The Kier molecular flexibility index (Phi) is 6.38. The van der Waals surface area contributed by atoms with E-state index in [1.807, 2.05) is 6.08 Å². The molecule has 0 radical (unpaired) electrons. The maximum absolute atomic E-state index is 9.72. The summed E-state index contributed by atoms with van der Waals surface area (Å²) < 4.78 is 0. The zero-order chi connectivity index (χ0) is 11.8. The van der Waals surface area contributed by atoms with Gasteiger partial charge in [0.25, 0.3) is 0 Å². The van der Waals surface area contributed by atoms with Crippen LogP contribution in [0.25, 0.3) is 0 Å². The number of hydrogen-bond acceptors (Lipinski definition) is 3. The van der Waals surface area contributed by atoms with Crippen molar-refractivity contribution in [1.82, 2.24) is 4.90 Å². The fourth-order valence-corrected chi connectivity index (χ4v) is 2.31. The fraction of sp³-hybridized carbons (Fsp3) is 0.538. The van der Waals surface area contributed by atoms with Crippen LogP contribution in [-0.2, 0) is 6.42 Å². The van der Waals surface area contributed by atoms with Crippen LogP contribution in [0.15, 0.2) is 30.2 Å². The Morgan fingerprint density at radius 3 is 3.06 bits per heavy atom. The first-order chi connectivity index (χ1) is 7.72. The number of likely N-dealkylation sites (N-methyl/N-ethyl adjacent to an activating group) is 1. The molecule has 0 aliphatic rings. The summed E-state index contributed by atoms with van der Waals surface area (Å²) in [5.41, 5.74) is 0. The molecule has 1 N–H and O–H groups in total. The van der Waals surface area contributed by atoms with E-state index < -0.39 is 0 Å². The summed E-state index contributed by atoms with van der Waals surface area (Å²) >= 11 is 1.80. The smallest absolute Gasteiger partial charge is 0.0670 e. The quantitative estimate of drug-likeness (QED) is 0.705. The van der Waals surface area contributed by atoms with Crippen molar-refractivity contribution in [3.63, 3.8) is 0 Å². The number of nitrogens with zero attached hydrogens (tertiary/aromatic N) is 1. The molecule has 1 unspecified atom stereocenters. The maximum Gasteiger partial charge on any atom is 0.0670 e. The van der Waals surface area contributed by atoms with Gasteiger partial charge in [-0.15, -0.1) is 17.9 Å². The third-order valence-corrected chi connectivity index (χ3v) is 3.48. The maximum atomic E-state index is 9.72. The van der Waals surface area contributed by atoms with E-state index in [0.717, 1.165) is 32.4 Å². The number of allylic oxidation sites excluding steroid dienone is 1. The van der Waals surface area contributed by atoms with E-state index in [2.05, 4.69) is 36.0 Å². The Labute approximate surface area is 102 Å². The second kappa shape index (κ2) is 7.60. The molecule has 3 heteroatoms. The number of rotatable bonds is 8. The van der Waals surface area contributed by atoms with Gasteiger partial charge in [0.15, 0.2) is 0 Å². The van der Waals surface area contributed by atoms with Gasteiger partial charge in [0.2, 0.25) is 0 Å². The molecule has 90 valence electrons. The van der Waals surface area contributed by atoms with Crippen LogP contribution in [-0.4, -0.2) is 36.2 Å². The molecule has 1 aromatic heterocycles. The van der Waals surface area contributed by atoms with Crippen molar-refractivity contribution >= 4 is 11.3 Å². The van der Waals surface area contributed by atoms with Gasteiger partial charge < -0.3 is 10.0 Å². The highest BCUT2D eigenvalue weighted by atomic mass is 32.1. The minimum atomic E-state index is -0.230. The van der Waals surface area contributed by atoms with Gasteiger partial charge in [-0.05, 0) is 37.8 Å². The number of aliphatic hydroxyl groups is 1. The molecule has 0 saturated heterocycles. The molecule has 1 heterocycles. The van der Waals surface area contributed by atoms with E-state index in [1.165, 1.54) is 4.88 Å². The molecule has 0 bridgehead atoms. The van der Waals surface area contributed by atoms with E-state index in [1.54, 1.807) is 11.3 Å². The average molecular weight is 239 g/mol. The Hall–Kier alpha value is -0.640. The third-order valence-electron chi connectivity index (χ3n) is 2.55. The van der Waals surface area contributed by atoms with Gasteiger partial charge in [0.1, 0.15) is 0 Å². The summed E-state index contributed by atoms with van der Waals surface area (Å²) in [4.78, 5) is 3.60. The highest BCUT2D eigenvalue weighted by Crippen LogP contribution is 2.09. The van der Waals surface area contributed by atoms with Crippen LogP contribution in [0.1, 0.15) is 17.7 Å². The molecule has 0 aromatic carbocycles. The number of hydrogen-bond donors (Lipinski definition) is 1. The molecule has 1 atom stereocenters. The van der Waals surface area contributed by atoms with Crippen LogP contribution in [0.2, 0.25) is 0 Å². The first-order valence-corrected chi connectivity index (χ1v) is 6.60. The van der Waals surface area contributed by atoms with Crippen LogP contribution in [0.3, 0.4) is 0 Å². The lowest BCUT2D eigenvalue weighted by Crippen LogP contribution is -2.30. The molecule has 16 heavy (non-hydrogen) atoms. The molecular formula is C13H21NOS. The molecule has 0 saturated carbocycles. The predicted molar refractivity (Wildman–Crippen MR) is 71.0 cm³/mol. The summed E-state index contributed by atoms with van der Waals surface area (Å²) in [5.74, 6) is 0. The highest BCUT2D eigenvalue weighted by molar-refractivity contribution is 7.09. The van der Waals surface area contributed by atoms with Crippen LogP contribution in [0.4, 0.5) is 0 Å². The molecule has 0 spiro atoms. The summed E-state index contributed by atoms with van der Waals surface area (Å²) in [6, 6.07) is 4.24. The van der Waals surface area contributed by atoms with Crippen molar-refractivity contribution < 1.29 is 5.11 Å². The van der Waals surface area contributed by atoms with Gasteiger partial charge in [-0.25, -0.2) is 0 Å². The Morgan fingerprint density at radius 2 is 2.44 bits per heavy atom. The van der Waals surface area contributed by atoms with Crippen molar-refractivity contribution in [3.8, 4) is 0 Å². The molecule has 0 fully saturated rings. The highest BCUT2D eigenvalue weighted by Gasteiger charge is 2.07. The lowest BCUT2D eigenvalue weighted by Gasteiger charge is -2.19. The number of aliphatic hydroxyl groups excluding tert-OH is 1. The number of thiophene rings is 1. The molecule has 2 nitrogen and oxygen atoms in total. The van der Waals surface area contributed by atoms with E-state index in [4.69, 9.17) is 0 Å². The first kappa shape index (κ1) is 13.4. The van der Waals surface area contributed by atoms with Gasteiger partial charge in [0, 0.05) is 18.0 Å². The third kappa shape index (κ3) is 5.45. The molecule has 0 aliphatic carbocycles. The summed E-state index contributed by atoms with van der Waals surface area (Å²) in [6.07, 6.45) is 4.40. The minimum Gasteiger partial charge on any atom is -0.392 e. The van der Waals surface area contributed by atoms with Gasteiger partial charge in [-0.1, -0.05) is 12.1 Å². The molecule has 0 amide bonds. The Morgan fingerprint density at radius 1 is 1.62 bits per heavy atom. The van der Waals surface area contributed by atoms with Crippen molar-refractivity contribution in [2.45, 2.75) is 25.4 Å². The van der Waals surface area contributed by atoms with Gasteiger partial charge in [-0.2, -0.15) is 0 Å². The normalized spacial score (nSPS) is 12.9. The van der Waals surface area contributed by atoms with Crippen LogP contribution in [0.5, 0.6) is 0 Å². The van der Waals surface area contributed by atoms with Crippen molar-refractivity contribution in [2.24, 2.45) is 0 Å². The van der Waals surface area contributed by atoms with Crippen molar-refractivity contribution in [3.05, 3.63) is 35.0 Å². The summed E-state index contributed by atoms with van der Waals surface area (Å²) in [6.45, 7) is 5.41. The molecule has 1 aromatic rings. The van der Waals surface area contributed by atoms with E-state index in [0.29, 0.717) is 0 Å². The first-order valence-electron chi connectivity index (χ1n) is 5.72. The van der Waals surface area contributed by atoms with E-state index in [-0.39, 0.29) is 6.10 Å². The SMILES string of the molecule is C=CCCC(O)CN(C)CCc1cccs1. The lowest BCUT2D eigenvalue weighted by atomic mass is 10.2. The van der Waals surface area contributed by atoms with Crippen LogP contribution < -0.4 is 0 Å². The minimum absolute atomic E-state index is 0.230. The zero-order valence-electron chi connectivity index (χ0n) is 9.93. The lowest BCUT2D eigenvalue weighted by molar-refractivity contribution is 0.119. The van der Waals surface area contributed by atoms with E-state index in [9.17, 15) is 5.11 Å². The zero-order valence-corrected chi connectivity index (χ0v) is 10.7. The second-order valence-corrected chi connectivity index (χ2v) is 5.14. The second-order valence-electron chi connectivity index (χ2n) is 4.11. The standard InChI is InChI=1S/C13H21NOS/c1-3-4-6-12(15)11-14(2)9-8-13-7-5-10-16-13/h3,5,7,10,12,15H,1,4,6,8-9,11H2,2H3. The molecule has 1 rings (SSSR count). The predicted octanol–water partition coefficient (Wildman–Crippen LogP) is 2.55.